The lowest BCUT2D eigenvalue weighted by Gasteiger charge is -2.25. The van der Waals surface area contributed by atoms with Crippen LogP contribution in [0.25, 0.3) is 0 Å². The van der Waals surface area contributed by atoms with Crippen molar-refractivity contribution in [2.45, 2.75) is 32.8 Å². The average molecular weight is 255 g/mol. The normalized spacial score (nSPS) is 24.9. The van der Waals surface area contributed by atoms with Gasteiger partial charge >= 0.3 is 5.97 Å². The van der Waals surface area contributed by atoms with E-state index in [4.69, 9.17) is 5.11 Å². The Labute approximate surface area is 107 Å². The molecule has 0 fully saturated rings. The third-order valence-corrected chi connectivity index (χ3v) is 3.34. The molecule has 1 aliphatic rings. The molecule has 1 rings (SSSR count). The number of hydrogen-bond acceptors (Lipinski definition) is 3. The molecular weight excluding hydrogens is 234 g/mol. The summed E-state index contributed by atoms with van der Waals surface area (Å²) < 4.78 is 0. The molecule has 0 heterocycles. The predicted octanol–water partition coefficient (Wildman–Crippen LogP) is 0.787. The molecule has 1 amide bonds. The maximum absolute atomic E-state index is 11.9. The third-order valence-electron chi connectivity index (χ3n) is 3.34. The van der Waals surface area contributed by atoms with Crippen molar-refractivity contribution >= 4 is 11.9 Å². The Kier molecular flexibility index (Phi) is 5.34. The number of aliphatic hydroxyl groups is 1. The van der Waals surface area contributed by atoms with Gasteiger partial charge in [-0.1, -0.05) is 26.0 Å². The molecule has 0 aromatic heterocycles. The van der Waals surface area contributed by atoms with Crippen LogP contribution >= 0.6 is 0 Å². The van der Waals surface area contributed by atoms with E-state index in [1.165, 1.54) is 0 Å². The minimum Gasteiger partial charge on any atom is -0.481 e. The topological polar surface area (TPSA) is 86.6 Å². The number of amides is 1. The molecule has 0 saturated heterocycles. The van der Waals surface area contributed by atoms with E-state index in [2.05, 4.69) is 5.32 Å². The van der Waals surface area contributed by atoms with Crippen molar-refractivity contribution in [2.24, 2.45) is 17.8 Å². The highest BCUT2D eigenvalue weighted by Crippen LogP contribution is 2.25. The summed E-state index contributed by atoms with van der Waals surface area (Å²) in [6.07, 6.45) is 3.87. The van der Waals surface area contributed by atoms with Crippen LogP contribution < -0.4 is 5.32 Å². The minimum absolute atomic E-state index is 0.0619. The van der Waals surface area contributed by atoms with Gasteiger partial charge in [-0.15, -0.1) is 0 Å². The van der Waals surface area contributed by atoms with Crippen molar-refractivity contribution < 1.29 is 19.8 Å². The van der Waals surface area contributed by atoms with E-state index in [1.54, 1.807) is 6.08 Å². The number of rotatable bonds is 5. The van der Waals surface area contributed by atoms with Gasteiger partial charge in [-0.3, -0.25) is 9.59 Å². The van der Waals surface area contributed by atoms with E-state index in [0.717, 1.165) is 0 Å². The monoisotopic (exact) mass is 255 g/mol. The molecule has 18 heavy (non-hydrogen) atoms. The summed E-state index contributed by atoms with van der Waals surface area (Å²) in [5.41, 5.74) is 0. The molecule has 102 valence electrons. The number of allylic oxidation sites excluding steroid dienone is 2. The van der Waals surface area contributed by atoms with Crippen LogP contribution in [0.2, 0.25) is 0 Å². The number of aliphatic hydroxyl groups excluding tert-OH is 1. The highest BCUT2D eigenvalue weighted by atomic mass is 16.4. The first-order valence-corrected chi connectivity index (χ1v) is 6.27. The Bertz CT molecular complexity index is 338. The molecule has 5 heteroatoms. The van der Waals surface area contributed by atoms with E-state index in [0.29, 0.717) is 12.8 Å². The zero-order valence-electron chi connectivity index (χ0n) is 10.8. The van der Waals surface area contributed by atoms with E-state index >= 15 is 0 Å². The Morgan fingerprint density at radius 3 is 2.33 bits per heavy atom. The van der Waals surface area contributed by atoms with Crippen molar-refractivity contribution in [1.29, 1.82) is 0 Å². The van der Waals surface area contributed by atoms with Crippen LogP contribution in [0, 0.1) is 17.8 Å². The first-order chi connectivity index (χ1) is 8.43. The fourth-order valence-corrected chi connectivity index (χ4v) is 1.95. The number of carbonyl (C=O) groups excluding carboxylic acids is 1. The SMILES string of the molecule is CC(C)C(O)CNC(=O)[C@@H]1CC=CC[C@@H]1C(=O)O. The first kappa shape index (κ1) is 14.7. The Hall–Kier alpha value is -1.36. The molecule has 1 unspecified atom stereocenters. The molecule has 0 aromatic carbocycles. The van der Waals surface area contributed by atoms with Crippen molar-refractivity contribution in [3.63, 3.8) is 0 Å². The van der Waals surface area contributed by atoms with Crippen molar-refractivity contribution in [1.82, 2.24) is 5.32 Å². The lowest BCUT2D eigenvalue weighted by atomic mass is 9.82. The van der Waals surface area contributed by atoms with Gasteiger partial charge in [0.25, 0.3) is 0 Å². The summed E-state index contributed by atoms with van der Waals surface area (Å²) >= 11 is 0. The van der Waals surface area contributed by atoms with E-state index < -0.39 is 23.9 Å². The molecule has 0 aromatic rings. The zero-order valence-corrected chi connectivity index (χ0v) is 10.8. The quantitative estimate of drug-likeness (QED) is 0.634. The zero-order chi connectivity index (χ0) is 13.7. The molecule has 0 spiro atoms. The van der Waals surface area contributed by atoms with Crippen molar-refractivity contribution in [3.05, 3.63) is 12.2 Å². The number of carboxylic acids is 1. The number of nitrogens with one attached hydrogen (secondary N) is 1. The fraction of sp³-hybridized carbons (Fsp3) is 0.692. The average Bonchev–Trinajstić information content (AvgIpc) is 2.35. The Morgan fingerprint density at radius 2 is 1.83 bits per heavy atom. The van der Waals surface area contributed by atoms with Gasteiger partial charge in [-0.25, -0.2) is 0 Å². The number of aliphatic carboxylic acids is 1. The number of hydrogen-bond donors (Lipinski definition) is 3. The number of carbonyl (C=O) groups is 2. The van der Waals surface area contributed by atoms with E-state index in [9.17, 15) is 14.7 Å². The van der Waals surface area contributed by atoms with Gasteiger partial charge < -0.3 is 15.5 Å². The van der Waals surface area contributed by atoms with Gasteiger partial charge in [0, 0.05) is 6.54 Å². The van der Waals surface area contributed by atoms with E-state index in [-0.39, 0.29) is 18.4 Å². The van der Waals surface area contributed by atoms with Crippen LogP contribution in [0.3, 0.4) is 0 Å². The van der Waals surface area contributed by atoms with Crippen LogP contribution in [0.1, 0.15) is 26.7 Å². The highest BCUT2D eigenvalue weighted by molar-refractivity contribution is 5.85. The van der Waals surface area contributed by atoms with Gasteiger partial charge in [0.1, 0.15) is 0 Å². The summed E-state index contributed by atoms with van der Waals surface area (Å²) in [6.45, 7) is 3.89. The highest BCUT2D eigenvalue weighted by Gasteiger charge is 2.33. The van der Waals surface area contributed by atoms with Gasteiger partial charge in [0.2, 0.25) is 5.91 Å². The summed E-state index contributed by atoms with van der Waals surface area (Å²) in [7, 11) is 0. The molecule has 1 aliphatic carbocycles. The van der Waals surface area contributed by atoms with Gasteiger partial charge in [-0.05, 0) is 18.8 Å². The maximum atomic E-state index is 11.9. The first-order valence-electron chi connectivity index (χ1n) is 6.27. The van der Waals surface area contributed by atoms with Crippen LogP contribution in [0.4, 0.5) is 0 Å². The Balaban J connectivity index is 2.54. The molecule has 0 radical (unpaired) electrons. The second-order valence-electron chi connectivity index (χ2n) is 5.05. The van der Waals surface area contributed by atoms with Gasteiger partial charge in [0.15, 0.2) is 0 Å². The molecule has 0 aliphatic heterocycles. The smallest absolute Gasteiger partial charge is 0.307 e. The standard InChI is InChI=1S/C13H21NO4/c1-8(2)11(15)7-14-12(16)9-5-3-4-6-10(9)13(17)18/h3-4,8-11,15H,5-7H2,1-2H3,(H,14,16)(H,17,18)/t9-,10+,11?/m1/s1. The van der Waals surface area contributed by atoms with Gasteiger partial charge in [-0.2, -0.15) is 0 Å². The van der Waals surface area contributed by atoms with Crippen LogP contribution in [-0.2, 0) is 9.59 Å². The van der Waals surface area contributed by atoms with Gasteiger partial charge in [0.05, 0.1) is 17.9 Å². The molecule has 0 saturated carbocycles. The minimum atomic E-state index is -0.941. The molecule has 0 bridgehead atoms. The summed E-state index contributed by atoms with van der Waals surface area (Å²) in [5.74, 6) is -2.36. The second-order valence-corrected chi connectivity index (χ2v) is 5.05. The Morgan fingerprint density at radius 1 is 1.28 bits per heavy atom. The third kappa shape index (κ3) is 3.84. The summed E-state index contributed by atoms with van der Waals surface area (Å²) in [6, 6.07) is 0. The molecule has 5 nitrogen and oxygen atoms in total. The van der Waals surface area contributed by atoms with Crippen LogP contribution in [-0.4, -0.2) is 34.7 Å². The second kappa shape index (κ2) is 6.54. The lowest BCUT2D eigenvalue weighted by Crippen LogP contribution is -2.42. The van der Waals surface area contributed by atoms with Crippen molar-refractivity contribution in [3.8, 4) is 0 Å². The van der Waals surface area contributed by atoms with Crippen LogP contribution in [0.5, 0.6) is 0 Å². The largest absolute Gasteiger partial charge is 0.481 e. The van der Waals surface area contributed by atoms with E-state index in [1.807, 2.05) is 19.9 Å². The van der Waals surface area contributed by atoms with Crippen LogP contribution in [0.15, 0.2) is 12.2 Å². The lowest BCUT2D eigenvalue weighted by molar-refractivity contribution is -0.147. The summed E-state index contributed by atoms with van der Waals surface area (Å²) in [4.78, 5) is 23.0. The van der Waals surface area contributed by atoms with Crippen molar-refractivity contribution in [2.75, 3.05) is 6.54 Å². The molecular formula is C13H21NO4. The number of carboxylic acid groups (broad SMARTS) is 1. The predicted molar refractivity (Wildman–Crippen MR) is 66.8 cm³/mol. The fourth-order valence-electron chi connectivity index (χ4n) is 1.95. The summed E-state index contributed by atoms with van der Waals surface area (Å²) in [5, 5.41) is 21.3. The molecule has 3 atom stereocenters. The maximum Gasteiger partial charge on any atom is 0.307 e. The molecule has 3 N–H and O–H groups in total.